The lowest BCUT2D eigenvalue weighted by Crippen LogP contribution is -2.56. The lowest BCUT2D eigenvalue weighted by molar-refractivity contribution is -0.134. The molecule has 8 nitrogen and oxygen atoms in total. The molecular weight excluding hydrogens is 312 g/mol. The minimum absolute atomic E-state index is 0.0979. The van der Waals surface area contributed by atoms with Crippen LogP contribution >= 0.6 is 0 Å². The second kappa shape index (κ2) is 6.31. The molecule has 2 fully saturated rings. The maximum Gasteiger partial charge on any atom is 0.322 e. The van der Waals surface area contributed by atoms with E-state index in [1.54, 1.807) is 29.2 Å². The first-order valence-electron chi connectivity index (χ1n) is 7.75. The molecule has 2 aliphatic rings. The van der Waals surface area contributed by atoms with Crippen molar-refractivity contribution < 1.29 is 19.2 Å². The Morgan fingerprint density at radius 2 is 1.79 bits per heavy atom. The van der Waals surface area contributed by atoms with Crippen LogP contribution < -0.4 is 16.0 Å². The zero-order valence-electron chi connectivity index (χ0n) is 13.0. The summed E-state index contributed by atoms with van der Waals surface area (Å²) in [5.41, 5.74) is -0.408. The van der Waals surface area contributed by atoms with Crippen molar-refractivity contribution in [3.63, 3.8) is 0 Å². The number of nitrogens with one attached hydrogen (secondary N) is 3. The number of rotatable bonds is 3. The maximum atomic E-state index is 12.2. The molecule has 24 heavy (non-hydrogen) atoms. The summed E-state index contributed by atoms with van der Waals surface area (Å²) in [6.45, 7) is 0.612. The molecule has 0 unspecified atom stereocenters. The normalized spacial score (nSPS) is 18.9. The van der Waals surface area contributed by atoms with E-state index in [1.807, 2.05) is 6.07 Å². The molecule has 1 aromatic carbocycles. The number of amides is 5. The molecule has 5 amide bonds. The summed E-state index contributed by atoms with van der Waals surface area (Å²) in [4.78, 5) is 48.9. The molecule has 3 rings (SSSR count). The van der Waals surface area contributed by atoms with Crippen molar-refractivity contribution in [3.8, 4) is 0 Å². The number of urea groups is 1. The van der Waals surface area contributed by atoms with Crippen LogP contribution in [0.25, 0.3) is 0 Å². The number of imide groups is 1. The van der Waals surface area contributed by atoms with Crippen LogP contribution in [0.1, 0.15) is 23.2 Å². The Morgan fingerprint density at radius 3 is 2.38 bits per heavy atom. The molecule has 8 heteroatoms. The number of hydrogen-bond acceptors (Lipinski definition) is 4. The zero-order valence-corrected chi connectivity index (χ0v) is 13.0. The van der Waals surface area contributed by atoms with Gasteiger partial charge in [-0.15, -0.1) is 0 Å². The highest BCUT2D eigenvalue weighted by atomic mass is 16.2. The fourth-order valence-corrected chi connectivity index (χ4v) is 2.98. The van der Waals surface area contributed by atoms with Gasteiger partial charge in [-0.2, -0.15) is 0 Å². The SMILES string of the molecule is O=C1NC(=O)C2(CCN(C(=O)CNC(=O)c3ccccc3)CC2)N1. The molecule has 0 atom stereocenters. The summed E-state index contributed by atoms with van der Waals surface area (Å²) in [6, 6.07) is 8.17. The molecule has 3 N–H and O–H groups in total. The molecule has 0 saturated carbocycles. The summed E-state index contributed by atoms with van der Waals surface area (Å²) < 4.78 is 0. The Kier molecular flexibility index (Phi) is 4.20. The number of piperidine rings is 1. The van der Waals surface area contributed by atoms with Gasteiger partial charge in [0.15, 0.2) is 0 Å². The van der Waals surface area contributed by atoms with Crippen LogP contribution in [-0.2, 0) is 9.59 Å². The Bertz CT molecular complexity index is 681. The largest absolute Gasteiger partial charge is 0.343 e. The third kappa shape index (κ3) is 3.08. The topological polar surface area (TPSA) is 108 Å². The van der Waals surface area contributed by atoms with E-state index in [0.29, 0.717) is 31.5 Å². The first-order valence-corrected chi connectivity index (χ1v) is 7.75. The Labute approximate surface area is 138 Å². The van der Waals surface area contributed by atoms with Crippen LogP contribution in [-0.4, -0.2) is 53.8 Å². The van der Waals surface area contributed by atoms with E-state index in [9.17, 15) is 19.2 Å². The van der Waals surface area contributed by atoms with Gasteiger partial charge in [-0.25, -0.2) is 4.79 Å². The summed E-state index contributed by atoms with van der Waals surface area (Å²) in [5.74, 6) is -0.851. The van der Waals surface area contributed by atoms with Gasteiger partial charge in [0.25, 0.3) is 11.8 Å². The van der Waals surface area contributed by atoms with Gasteiger partial charge < -0.3 is 15.5 Å². The van der Waals surface area contributed by atoms with Gasteiger partial charge in [0.1, 0.15) is 5.54 Å². The molecule has 0 bridgehead atoms. The van der Waals surface area contributed by atoms with E-state index >= 15 is 0 Å². The molecule has 1 aromatic rings. The standard InChI is InChI=1S/C16H18N4O4/c21-12(10-17-13(22)11-4-2-1-3-5-11)20-8-6-16(7-9-20)14(23)18-15(24)19-16/h1-5H,6-10H2,(H,17,22)(H2,18,19,23,24). The van der Waals surface area contributed by atoms with Gasteiger partial charge in [-0.3, -0.25) is 19.7 Å². The number of carbonyl (C=O) groups is 4. The van der Waals surface area contributed by atoms with Crippen molar-refractivity contribution in [1.82, 2.24) is 20.9 Å². The van der Waals surface area contributed by atoms with E-state index in [0.717, 1.165) is 0 Å². The average Bonchev–Trinajstić information content (AvgIpc) is 2.87. The Morgan fingerprint density at radius 1 is 1.12 bits per heavy atom. The maximum absolute atomic E-state index is 12.2. The predicted octanol–water partition coefficient (Wildman–Crippen LogP) is -0.383. The van der Waals surface area contributed by atoms with Crippen LogP contribution in [0.15, 0.2) is 30.3 Å². The molecule has 0 radical (unpaired) electrons. The quantitative estimate of drug-likeness (QED) is 0.656. The van der Waals surface area contributed by atoms with E-state index in [1.165, 1.54) is 0 Å². The van der Waals surface area contributed by atoms with Crippen molar-refractivity contribution in [2.75, 3.05) is 19.6 Å². The molecule has 0 aliphatic carbocycles. The van der Waals surface area contributed by atoms with E-state index < -0.39 is 11.6 Å². The van der Waals surface area contributed by atoms with Crippen LogP contribution in [0, 0.1) is 0 Å². The van der Waals surface area contributed by atoms with Crippen molar-refractivity contribution in [2.24, 2.45) is 0 Å². The lowest BCUT2D eigenvalue weighted by atomic mass is 9.88. The molecule has 1 spiro atoms. The van der Waals surface area contributed by atoms with Gasteiger partial charge >= 0.3 is 6.03 Å². The fourth-order valence-electron chi connectivity index (χ4n) is 2.98. The number of likely N-dealkylation sites (tertiary alicyclic amines) is 1. The molecule has 2 saturated heterocycles. The van der Waals surface area contributed by atoms with Gasteiger partial charge in [0.05, 0.1) is 6.54 Å². The minimum Gasteiger partial charge on any atom is -0.343 e. The highest BCUT2D eigenvalue weighted by Crippen LogP contribution is 2.25. The molecule has 2 aliphatic heterocycles. The molecule has 126 valence electrons. The first-order chi connectivity index (χ1) is 11.5. The first kappa shape index (κ1) is 16.0. The van der Waals surface area contributed by atoms with Crippen LogP contribution in [0.3, 0.4) is 0 Å². The molecule has 0 aromatic heterocycles. The van der Waals surface area contributed by atoms with E-state index in [2.05, 4.69) is 16.0 Å². The van der Waals surface area contributed by atoms with Crippen molar-refractivity contribution in [2.45, 2.75) is 18.4 Å². The van der Waals surface area contributed by atoms with Crippen LogP contribution in [0.4, 0.5) is 4.79 Å². The fraction of sp³-hybridized carbons (Fsp3) is 0.375. The predicted molar refractivity (Wildman–Crippen MR) is 84.0 cm³/mol. The number of benzene rings is 1. The lowest BCUT2D eigenvalue weighted by Gasteiger charge is -2.37. The van der Waals surface area contributed by atoms with E-state index in [-0.39, 0.29) is 24.3 Å². The van der Waals surface area contributed by atoms with Gasteiger partial charge in [-0.05, 0) is 25.0 Å². The Balaban J connectivity index is 1.50. The van der Waals surface area contributed by atoms with Crippen LogP contribution in [0.2, 0.25) is 0 Å². The zero-order chi connectivity index (χ0) is 17.2. The smallest absolute Gasteiger partial charge is 0.322 e. The van der Waals surface area contributed by atoms with Gasteiger partial charge in [0, 0.05) is 18.7 Å². The number of hydrogen-bond donors (Lipinski definition) is 3. The number of carbonyl (C=O) groups excluding carboxylic acids is 4. The minimum atomic E-state index is -0.902. The van der Waals surface area contributed by atoms with E-state index in [4.69, 9.17) is 0 Å². The summed E-state index contributed by atoms with van der Waals surface area (Å²) in [7, 11) is 0. The molecular formula is C16H18N4O4. The van der Waals surface area contributed by atoms with Gasteiger partial charge in [0.2, 0.25) is 5.91 Å². The third-order valence-electron chi connectivity index (χ3n) is 4.42. The van der Waals surface area contributed by atoms with Crippen molar-refractivity contribution in [1.29, 1.82) is 0 Å². The molecule has 2 heterocycles. The summed E-state index contributed by atoms with van der Waals surface area (Å²) in [6.07, 6.45) is 0.728. The highest BCUT2D eigenvalue weighted by molar-refractivity contribution is 6.07. The average molecular weight is 330 g/mol. The van der Waals surface area contributed by atoms with Crippen molar-refractivity contribution >= 4 is 23.8 Å². The van der Waals surface area contributed by atoms with Gasteiger partial charge in [-0.1, -0.05) is 18.2 Å². The summed E-state index contributed by atoms with van der Waals surface area (Å²) >= 11 is 0. The third-order valence-corrected chi connectivity index (χ3v) is 4.42. The second-order valence-corrected chi connectivity index (χ2v) is 5.92. The highest BCUT2D eigenvalue weighted by Gasteiger charge is 2.48. The van der Waals surface area contributed by atoms with Crippen molar-refractivity contribution in [3.05, 3.63) is 35.9 Å². The summed E-state index contributed by atoms with van der Waals surface area (Å²) in [5, 5.41) is 7.47. The van der Waals surface area contributed by atoms with Crippen LogP contribution in [0.5, 0.6) is 0 Å². The number of nitrogens with zero attached hydrogens (tertiary/aromatic N) is 1. The second-order valence-electron chi connectivity index (χ2n) is 5.92. The Hall–Kier alpha value is -2.90. The monoisotopic (exact) mass is 330 g/mol.